The van der Waals surface area contributed by atoms with Crippen molar-refractivity contribution in [2.75, 3.05) is 5.32 Å². The number of fused-ring (bicyclic) bond motifs is 1. The van der Waals surface area contributed by atoms with E-state index in [-0.39, 0.29) is 11.2 Å². The number of hydrogen-bond acceptors (Lipinski definition) is 3. The third-order valence-electron chi connectivity index (χ3n) is 5.31. The van der Waals surface area contributed by atoms with Crippen LogP contribution in [0.15, 0.2) is 24.3 Å². The Hall–Kier alpha value is -1.68. The molecular formula is C18H23NO3. The Morgan fingerprint density at radius 3 is 2.59 bits per heavy atom. The minimum Gasteiger partial charge on any atom is -0.375 e. The van der Waals surface area contributed by atoms with Crippen LogP contribution >= 0.6 is 0 Å². The molecule has 0 unspecified atom stereocenters. The molecule has 1 aliphatic heterocycles. The molecule has 1 heterocycles. The van der Waals surface area contributed by atoms with Crippen LogP contribution in [0.4, 0.5) is 5.69 Å². The first-order valence-corrected chi connectivity index (χ1v) is 7.90. The molecule has 0 spiro atoms. The summed E-state index contributed by atoms with van der Waals surface area (Å²) in [5, 5.41) is 13.9. The minimum absolute atomic E-state index is 0.00477. The number of hydrogen-bond donors (Lipinski definition) is 2. The van der Waals surface area contributed by atoms with E-state index in [4.69, 9.17) is 0 Å². The van der Waals surface area contributed by atoms with Crippen LogP contribution in [0.3, 0.4) is 0 Å². The molecule has 1 saturated carbocycles. The number of carbonyl (C=O) groups is 2. The van der Waals surface area contributed by atoms with E-state index >= 15 is 0 Å². The van der Waals surface area contributed by atoms with Gasteiger partial charge in [-0.3, -0.25) is 9.59 Å². The van der Waals surface area contributed by atoms with Gasteiger partial charge in [0.05, 0.1) is 5.92 Å². The smallest absolute Gasteiger partial charge is 0.261 e. The molecule has 22 heavy (non-hydrogen) atoms. The highest BCUT2D eigenvalue weighted by Gasteiger charge is 2.55. The fraction of sp³-hybridized carbons (Fsp3) is 0.556. The number of ketones is 1. The largest absolute Gasteiger partial charge is 0.375 e. The van der Waals surface area contributed by atoms with Crippen molar-refractivity contribution in [2.45, 2.75) is 45.6 Å². The molecule has 4 heteroatoms. The van der Waals surface area contributed by atoms with Crippen LogP contribution in [-0.4, -0.2) is 16.8 Å². The van der Waals surface area contributed by atoms with Gasteiger partial charge in [0.1, 0.15) is 5.78 Å². The molecule has 0 aromatic heterocycles. The highest BCUT2D eigenvalue weighted by Crippen LogP contribution is 2.49. The van der Waals surface area contributed by atoms with Gasteiger partial charge in [0, 0.05) is 17.7 Å². The van der Waals surface area contributed by atoms with E-state index in [1.165, 1.54) is 0 Å². The first-order valence-electron chi connectivity index (χ1n) is 7.90. The predicted octanol–water partition coefficient (Wildman–Crippen LogP) is 2.86. The van der Waals surface area contributed by atoms with Crippen LogP contribution in [0.1, 0.15) is 45.6 Å². The van der Waals surface area contributed by atoms with Gasteiger partial charge in [-0.1, -0.05) is 39.0 Å². The van der Waals surface area contributed by atoms with Crippen LogP contribution in [0, 0.1) is 17.3 Å². The summed E-state index contributed by atoms with van der Waals surface area (Å²) in [7, 11) is 0. The molecule has 1 amide bonds. The quantitative estimate of drug-likeness (QED) is 0.838. The zero-order chi connectivity index (χ0) is 16.1. The summed E-state index contributed by atoms with van der Waals surface area (Å²) in [5.41, 5.74) is -0.518. The van der Waals surface area contributed by atoms with Gasteiger partial charge in [0.15, 0.2) is 5.60 Å². The van der Waals surface area contributed by atoms with Crippen LogP contribution in [0.5, 0.6) is 0 Å². The Morgan fingerprint density at radius 1 is 1.23 bits per heavy atom. The standard InChI is InChI=1S/C18H23NO3/c1-17(2,3)11-8-9-15(20)13(10-11)18(22)12-6-4-5-7-14(12)19-16(18)21/h4-7,11,13,22H,8-10H2,1-3H3,(H,19,21)/t11-,13+,18-/m0/s1. The van der Waals surface area contributed by atoms with Crippen molar-refractivity contribution in [1.82, 2.24) is 0 Å². The highest BCUT2D eigenvalue weighted by atomic mass is 16.3. The van der Waals surface area contributed by atoms with E-state index < -0.39 is 17.4 Å². The van der Waals surface area contributed by atoms with E-state index in [9.17, 15) is 14.7 Å². The number of aliphatic hydroxyl groups is 1. The summed E-state index contributed by atoms with van der Waals surface area (Å²) in [6, 6.07) is 7.10. The summed E-state index contributed by atoms with van der Waals surface area (Å²) in [4.78, 5) is 24.9. The SMILES string of the molecule is CC(C)(C)[C@H]1CCC(=O)[C@H]([C@]2(O)C(=O)Nc3ccccc32)C1. The van der Waals surface area contributed by atoms with Gasteiger partial charge in [-0.25, -0.2) is 0 Å². The lowest BCUT2D eigenvalue weighted by molar-refractivity contribution is -0.153. The van der Waals surface area contributed by atoms with Gasteiger partial charge in [0.25, 0.3) is 5.91 Å². The fourth-order valence-corrected chi connectivity index (χ4v) is 3.82. The van der Waals surface area contributed by atoms with E-state index in [0.29, 0.717) is 30.0 Å². The summed E-state index contributed by atoms with van der Waals surface area (Å²) < 4.78 is 0. The number of nitrogens with one attached hydrogen (secondary N) is 1. The molecule has 118 valence electrons. The van der Waals surface area contributed by atoms with Gasteiger partial charge in [-0.05, 0) is 30.2 Å². The predicted molar refractivity (Wildman–Crippen MR) is 84.3 cm³/mol. The lowest BCUT2D eigenvalue weighted by atomic mass is 9.63. The first kappa shape index (κ1) is 15.2. The average Bonchev–Trinajstić information content (AvgIpc) is 2.71. The topological polar surface area (TPSA) is 66.4 Å². The second kappa shape index (κ2) is 4.92. The molecule has 2 aliphatic rings. The van der Waals surface area contributed by atoms with Crippen LogP contribution < -0.4 is 5.32 Å². The second-order valence-electron chi connectivity index (χ2n) is 7.62. The maximum absolute atomic E-state index is 12.5. The third kappa shape index (κ3) is 2.17. The Bertz CT molecular complexity index is 631. The molecule has 1 aliphatic carbocycles. The van der Waals surface area contributed by atoms with Crippen molar-refractivity contribution in [3.63, 3.8) is 0 Å². The second-order valence-corrected chi connectivity index (χ2v) is 7.62. The fourth-order valence-electron chi connectivity index (χ4n) is 3.82. The maximum Gasteiger partial charge on any atom is 0.261 e. The first-order chi connectivity index (χ1) is 10.2. The Balaban J connectivity index is 2.01. The number of Topliss-reactive ketones (excluding diaryl/α,β-unsaturated/α-hetero) is 1. The Morgan fingerprint density at radius 2 is 1.91 bits per heavy atom. The van der Waals surface area contributed by atoms with Crippen molar-refractivity contribution in [2.24, 2.45) is 17.3 Å². The minimum atomic E-state index is -1.72. The van der Waals surface area contributed by atoms with Gasteiger partial charge >= 0.3 is 0 Å². The molecule has 1 fully saturated rings. The molecule has 3 atom stereocenters. The highest BCUT2D eigenvalue weighted by molar-refractivity contribution is 6.08. The van der Waals surface area contributed by atoms with E-state index in [1.54, 1.807) is 18.2 Å². The number of rotatable bonds is 1. The van der Waals surface area contributed by atoms with Crippen LogP contribution in [0.2, 0.25) is 0 Å². The number of carbonyl (C=O) groups excluding carboxylic acids is 2. The van der Waals surface area contributed by atoms with Crippen molar-refractivity contribution < 1.29 is 14.7 Å². The van der Waals surface area contributed by atoms with Crippen molar-refractivity contribution >= 4 is 17.4 Å². The third-order valence-corrected chi connectivity index (χ3v) is 5.31. The van der Waals surface area contributed by atoms with E-state index in [1.807, 2.05) is 6.07 Å². The molecule has 0 bridgehead atoms. The number of para-hydroxylation sites is 1. The van der Waals surface area contributed by atoms with Gasteiger partial charge in [0.2, 0.25) is 0 Å². The number of amides is 1. The molecule has 4 nitrogen and oxygen atoms in total. The normalized spacial score (nSPS) is 31.8. The molecule has 2 N–H and O–H groups in total. The molecule has 0 saturated heterocycles. The average molecular weight is 301 g/mol. The van der Waals surface area contributed by atoms with Crippen LogP contribution in [0.25, 0.3) is 0 Å². The van der Waals surface area contributed by atoms with Crippen molar-refractivity contribution in [3.05, 3.63) is 29.8 Å². The monoisotopic (exact) mass is 301 g/mol. The molecule has 3 rings (SSSR count). The molecule has 1 aromatic carbocycles. The van der Waals surface area contributed by atoms with Gasteiger partial charge < -0.3 is 10.4 Å². The summed E-state index contributed by atoms with van der Waals surface area (Å²) in [6.45, 7) is 6.45. The maximum atomic E-state index is 12.5. The Labute approximate surface area is 130 Å². The summed E-state index contributed by atoms with van der Waals surface area (Å²) in [5.74, 6) is -0.814. The summed E-state index contributed by atoms with van der Waals surface area (Å²) in [6.07, 6.45) is 1.82. The Kier molecular flexibility index (Phi) is 3.40. The lowest BCUT2D eigenvalue weighted by Crippen LogP contribution is -2.49. The number of benzene rings is 1. The van der Waals surface area contributed by atoms with Crippen molar-refractivity contribution in [1.29, 1.82) is 0 Å². The molecular weight excluding hydrogens is 278 g/mol. The summed E-state index contributed by atoms with van der Waals surface area (Å²) >= 11 is 0. The van der Waals surface area contributed by atoms with Gasteiger partial charge in [-0.2, -0.15) is 0 Å². The van der Waals surface area contributed by atoms with Gasteiger partial charge in [-0.15, -0.1) is 0 Å². The number of anilines is 1. The van der Waals surface area contributed by atoms with Crippen LogP contribution in [-0.2, 0) is 15.2 Å². The zero-order valence-corrected chi connectivity index (χ0v) is 13.3. The van der Waals surface area contributed by atoms with E-state index in [0.717, 1.165) is 6.42 Å². The van der Waals surface area contributed by atoms with Crippen molar-refractivity contribution in [3.8, 4) is 0 Å². The van der Waals surface area contributed by atoms with E-state index in [2.05, 4.69) is 26.1 Å². The molecule has 1 aromatic rings. The zero-order valence-electron chi connectivity index (χ0n) is 13.3. The molecule has 0 radical (unpaired) electrons. The lowest BCUT2D eigenvalue weighted by Gasteiger charge is -2.41.